The highest BCUT2D eigenvalue weighted by atomic mass is 79.9. The van der Waals surface area contributed by atoms with Gasteiger partial charge < -0.3 is 9.64 Å². The fraction of sp³-hybridized carbons (Fsp3) is 0.364. The fourth-order valence-corrected chi connectivity index (χ4v) is 4.31. The molecule has 1 heterocycles. The molecule has 154 valence electrons. The van der Waals surface area contributed by atoms with Crippen molar-refractivity contribution in [2.24, 2.45) is 0 Å². The van der Waals surface area contributed by atoms with Gasteiger partial charge in [-0.2, -0.15) is 0 Å². The van der Waals surface area contributed by atoms with Gasteiger partial charge in [0, 0.05) is 23.1 Å². The highest BCUT2D eigenvalue weighted by Crippen LogP contribution is 2.31. The van der Waals surface area contributed by atoms with Gasteiger partial charge in [-0.05, 0) is 63.0 Å². The van der Waals surface area contributed by atoms with Gasteiger partial charge >= 0.3 is 0 Å². The number of ether oxygens (including phenoxy) is 1. The van der Waals surface area contributed by atoms with Crippen molar-refractivity contribution >= 4 is 48.5 Å². The Kier molecular flexibility index (Phi) is 7.64. The number of fused-ring (bicyclic) bond motifs is 1. The number of rotatable bonds is 9. The molecule has 0 aliphatic heterocycles. The predicted molar refractivity (Wildman–Crippen MR) is 124 cm³/mol. The lowest BCUT2D eigenvalue weighted by atomic mass is 10.2. The molecule has 0 bridgehead atoms. The summed E-state index contributed by atoms with van der Waals surface area (Å²) in [6.45, 7) is 4.15. The summed E-state index contributed by atoms with van der Waals surface area (Å²) in [5, 5.41) is 0.716. The van der Waals surface area contributed by atoms with Crippen LogP contribution in [0.15, 0.2) is 46.9 Å². The molecule has 29 heavy (non-hydrogen) atoms. The summed E-state index contributed by atoms with van der Waals surface area (Å²) >= 11 is 5.03. The number of likely N-dealkylation sites (N-methyl/N-ethyl adjacent to an activating group) is 1. The van der Waals surface area contributed by atoms with E-state index in [0.29, 0.717) is 23.8 Å². The van der Waals surface area contributed by atoms with Crippen LogP contribution in [-0.4, -0.2) is 49.6 Å². The van der Waals surface area contributed by atoms with Crippen LogP contribution in [-0.2, 0) is 0 Å². The SMILES string of the molecule is CCCCOc1ccc(C(=O)N(CCN(C)C)c2nc3ccc(Br)cc3s2)cc1. The molecule has 0 radical (unpaired) electrons. The van der Waals surface area contributed by atoms with E-state index in [4.69, 9.17) is 9.72 Å². The summed E-state index contributed by atoms with van der Waals surface area (Å²) in [5.74, 6) is 0.741. The highest BCUT2D eigenvalue weighted by Gasteiger charge is 2.21. The molecule has 0 aliphatic rings. The van der Waals surface area contributed by atoms with Gasteiger partial charge in [-0.25, -0.2) is 4.98 Å². The third-order valence-corrected chi connectivity index (χ3v) is 5.99. The molecule has 0 saturated heterocycles. The first-order valence-electron chi connectivity index (χ1n) is 9.73. The Morgan fingerprint density at radius 2 is 1.90 bits per heavy atom. The Hall–Kier alpha value is -1.96. The zero-order valence-electron chi connectivity index (χ0n) is 17.0. The lowest BCUT2D eigenvalue weighted by molar-refractivity contribution is 0.0985. The number of amides is 1. The number of unbranched alkanes of at least 4 members (excludes halogenated alkanes) is 1. The van der Waals surface area contributed by atoms with E-state index in [1.54, 1.807) is 4.90 Å². The molecule has 7 heteroatoms. The molecule has 0 fully saturated rings. The van der Waals surface area contributed by atoms with E-state index in [-0.39, 0.29) is 5.91 Å². The van der Waals surface area contributed by atoms with Crippen molar-refractivity contribution in [2.45, 2.75) is 19.8 Å². The summed E-state index contributed by atoms with van der Waals surface area (Å²) in [6, 6.07) is 13.4. The van der Waals surface area contributed by atoms with E-state index in [0.717, 1.165) is 39.8 Å². The number of nitrogens with zero attached hydrogens (tertiary/aromatic N) is 3. The average molecular weight is 476 g/mol. The van der Waals surface area contributed by atoms with Gasteiger partial charge in [0.25, 0.3) is 5.91 Å². The van der Waals surface area contributed by atoms with E-state index in [1.165, 1.54) is 11.3 Å². The lowest BCUT2D eigenvalue weighted by Gasteiger charge is -2.22. The number of thiazole rings is 1. The standard InChI is InChI=1S/C22H26BrN3O2S/c1-4-5-14-28-18-9-6-16(7-10-18)21(27)26(13-12-25(2)3)22-24-19-11-8-17(23)15-20(19)29-22/h6-11,15H,4-5,12-14H2,1-3H3. The molecule has 1 amide bonds. The van der Waals surface area contributed by atoms with Gasteiger partial charge in [0.15, 0.2) is 5.13 Å². The second kappa shape index (κ2) is 10.2. The quantitative estimate of drug-likeness (QED) is 0.386. The minimum Gasteiger partial charge on any atom is -0.494 e. The minimum absolute atomic E-state index is 0.0509. The van der Waals surface area contributed by atoms with Crippen LogP contribution < -0.4 is 9.64 Å². The molecule has 3 rings (SSSR count). The molecule has 0 N–H and O–H groups in total. The van der Waals surface area contributed by atoms with E-state index >= 15 is 0 Å². The number of benzene rings is 2. The van der Waals surface area contributed by atoms with Crippen LogP contribution in [0, 0.1) is 0 Å². The van der Waals surface area contributed by atoms with Crippen LogP contribution >= 0.6 is 27.3 Å². The van der Waals surface area contributed by atoms with Crippen LogP contribution in [0.1, 0.15) is 30.1 Å². The zero-order chi connectivity index (χ0) is 20.8. The van der Waals surface area contributed by atoms with Crippen molar-refractivity contribution in [3.8, 4) is 5.75 Å². The first-order chi connectivity index (χ1) is 14.0. The predicted octanol–water partition coefficient (Wildman–Crippen LogP) is 5.45. The summed E-state index contributed by atoms with van der Waals surface area (Å²) in [7, 11) is 4.00. The monoisotopic (exact) mass is 475 g/mol. The fourth-order valence-electron chi connectivity index (χ4n) is 2.77. The molecule has 1 aromatic heterocycles. The Labute approximate surface area is 184 Å². The van der Waals surface area contributed by atoms with Gasteiger partial charge in [0.2, 0.25) is 0 Å². The van der Waals surface area contributed by atoms with Gasteiger partial charge in [0.1, 0.15) is 5.75 Å². The van der Waals surface area contributed by atoms with Crippen molar-refractivity contribution < 1.29 is 9.53 Å². The van der Waals surface area contributed by atoms with Crippen molar-refractivity contribution in [1.82, 2.24) is 9.88 Å². The first-order valence-corrected chi connectivity index (χ1v) is 11.3. The second-order valence-corrected chi connectivity index (χ2v) is 9.02. The normalized spacial score (nSPS) is 11.2. The van der Waals surface area contributed by atoms with Gasteiger partial charge in [0.05, 0.1) is 16.8 Å². The van der Waals surface area contributed by atoms with Crippen LogP contribution in [0.2, 0.25) is 0 Å². The van der Waals surface area contributed by atoms with E-state index in [1.807, 2.05) is 56.6 Å². The maximum Gasteiger partial charge on any atom is 0.260 e. The smallest absolute Gasteiger partial charge is 0.260 e. The van der Waals surface area contributed by atoms with Crippen molar-refractivity contribution in [3.63, 3.8) is 0 Å². The van der Waals surface area contributed by atoms with Gasteiger partial charge in [-0.3, -0.25) is 9.69 Å². The van der Waals surface area contributed by atoms with Crippen LogP contribution in [0.5, 0.6) is 5.75 Å². The molecule has 3 aromatic rings. The topological polar surface area (TPSA) is 45.7 Å². The zero-order valence-corrected chi connectivity index (χ0v) is 19.4. The van der Waals surface area contributed by atoms with E-state index in [2.05, 4.69) is 27.8 Å². The Morgan fingerprint density at radius 1 is 1.14 bits per heavy atom. The lowest BCUT2D eigenvalue weighted by Crippen LogP contribution is -2.36. The summed E-state index contributed by atoms with van der Waals surface area (Å²) in [6.07, 6.45) is 2.11. The minimum atomic E-state index is -0.0509. The van der Waals surface area contributed by atoms with Crippen molar-refractivity contribution in [1.29, 1.82) is 0 Å². The average Bonchev–Trinajstić information content (AvgIpc) is 3.11. The number of hydrogen-bond donors (Lipinski definition) is 0. The molecular weight excluding hydrogens is 450 g/mol. The molecule has 2 aromatic carbocycles. The number of carbonyl (C=O) groups is 1. The summed E-state index contributed by atoms with van der Waals surface area (Å²) in [5.41, 5.74) is 1.53. The molecule has 0 aliphatic carbocycles. The Bertz CT molecular complexity index is 956. The first kappa shape index (κ1) is 21.7. The molecule has 0 spiro atoms. The maximum atomic E-state index is 13.3. The maximum absolute atomic E-state index is 13.3. The third kappa shape index (κ3) is 5.78. The molecule has 0 atom stereocenters. The number of halogens is 1. The van der Waals surface area contributed by atoms with Gasteiger partial charge in [-0.15, -0.1) is 0 Å². The second-order valence-electron chi connectivity index (χ2n) is 7.09. The molecule has 5 nitrogen and oxygen atoms in total. The van der Waals surface area contributed by atoms with Crippen molar-refractivity contribution in [3.05, 3.63) is 52.5 Å². The molecular formula is C22H26BrN3O2S. The van der Waals surface area contributed by atoms with Crippen LogP contribution in [0.3, 0.4) is 0 Å². The van der Waals surface area contributed by atoms with Crippen molar-refractivity contribution in [2.75, 3.05) is 38.7 Å². The van der Waals surface area contributed by atoms with Crippen LogP contribution in [0.4, 0.5) is 5.13 Å². The summed E-state index contributed by atoms with van der Waals surface area (Å²) in [4.78, 5) is 21.8. The number of hydrogen-bond acceptors (Lipinski definition) is 5. The largest absolute Gasteiger partial charge is 0.494 e. The molecule has 0 unspecified atom stereocenters. The number of carbonyl (C=O) groups excluding carboxylic acids is 1. The number of anilines is 1. The molecule has 0 saturated carbocycles. The summed E-state index contributed by atoms with van der Waals surface area (Å²) < 4.78 is 7.77. The van der Waals surface area contributed by atoms with Gasteiger partial charge in [-0.1, -0.05) is 40.6 Å². The van der Waals surface area contributed by atoms with E-state index < -0.39 is 0 Å². The van der Waals surface area contributed by atoms with Crippen LogP contribution in [0.25, 0.3) is 10.2 Å². The Balaban J connectivity index is 1.84. The number of aromatic nitrogens is 1. The highest BCUT2D eigenvalue weighted by molar-refractivity contribution is 9.10. The Morgan fingerprint density at radius 3 is 2.59 bits per heavy atom. The third-order valence-electron chi connectivity index (χ3n) is 4.45. The van der Waals surface area contributed by atoms with E-state index in [9.17, 15) is 4.79 Å².